The first kappa shape index (κ1) is 11.8. The van der Waals surface area contributed by atoms with Gasteiger partial charge in [-0.2, -0.15) is 0 Å². The van der Waals surface area contributed by atoms with Crippen molar-refractivity contribution in [2.24, 2.45) is 5.41 Å². The van der Waals surface area contributed by atoms with E-state index in [9.17, 15) is 0 Å². The zero-order valence-corrected chi connectivity index (χ0v) is 7.06. The van der Waals surface area contributed by atoms with Crippen LogP contribution in [0.15, 0.2) is 0 Å². The first-order valence-electron chi connectivity index (χ1n) is 3.06. The third-order valence-electron chi connectivity index (χ3n) is 0.551. The van der Waals surface area contributed by atoms with Crippen LogP contribution in [0.1, 0.15) is 20.8 Å². The minimum atomic E-state index is 0.0694. The molecule has 0 atom stereocenters. The van der Waals surface area contributed by atoms with Gasteiger partial charge in [0.15, 0.2) is 0 Å². The Balaban J connectivity index is 0. The summed E-state index contributed by atoms with van der Waals surface area (Å²) in [4.78, 5) is 9.06. The van der Waals surface area contributed by atoms with Crippen LogP contribution in [0.4, 0.5) is 0 Å². The topological polar surface area (TPSA) is 29.1 Å². The van der Waals surface area contributed by atoms with Crippen molar-refractivity contribution >= 4 is 6.41 Å². The molecule has 0 rings (SSSR count). The van der Waals surface area contributed by atoms with E-state index < -0.39 is 0 Å². The van der Waals surface area contributed by atoms with Crippen molar-refractivity contribution < 1.29 is 4.79 Å². The van der Waals surface area contributed by atoms with Crippen molar-refractivity contribution in [3.63, 3.8) is 0 Å². The van der Waals surface area contributed by atoms with Crippen LogP contribution >= 0.6 is 0 Å². The van der Waals surface area contributed by atoms with Gasteiger partial charge in [0, 0.05) is 12.5 Å². The molecule has 0 aliphatic carbocycles. The van der Waals surface area contributed by atoms with Crippen molar-refractivity contribution in [3.05, 3.63) is 0 Å². The molecule has 0 aromatic carbocycles. The standard InChI is InChI=1S/C6H10.C2H5NO/c1-5-6(2,3)4;1-3-2-4/h1H,2-4H3;2H,1H3,(H,3,4). The monoisotopic (exact) mass is 141 g/mol. The molecule has 0 saturated heterocycles. The van der Waals surface area contributed by atoms with Gasteiger partial charge in [0.25, 0.3) is 0 Å². The maximum absolute atomic E-state index is 9.06. The predicted octanol–water partition coefficient (Wildman–Crippen LogP) is 1.03. The maximum Gasteiger partial charge on any atom is 0.206 e. The molecule has 0 unspecified atom stereocenters. The van der Waals surface area contributed by atoms with Crippen molar-refractivity contribution in [2.75, 3.05) is 7.05 Å². The van der Waals surface area contributed by atoms with Crippen molar-refractivity contribution in [1.82, 2.24) is 5.32 Å². The molecule has 0 fully saturated rings. The van der Waals surface area contributed by atoms with Gasteiger partial charge in [0.05, 0.1) is 0 Å². The van der Waals surface area contributed by atoms with Crippen molar-refractivity contribution in [2.45, 2.75) is 20.8 Å². The number of amides is 1. The van der Waals surface area contributed by atoms with Gasteiger partial charge >= 0.3 is 0 Å². The highest BCUT2D eigenvalue weighted by molar-refractivity contribution is 5.44. The second-order valence-electron chi connectivity index (χ2n) is 2.80. The lowest BCUT2D eigenvalue weighted by atomic mass is 9.99. The smallest absolute Gasteiger partial charge is 0.206 e. The summed E-state index contributed by atoms with van der Waals surface area (Å²) in [6.07, 6.45) is 5.68. The van der Waals surface area contributed by atoms with Gasteiger partial charge < -0.3 is 5.32 Å². The van der Waals surface area contributed by atoms with Crippen LogP contribution in [-0.2, 0) is 4.79 Å². The number of hydrogen-bond acceptors (Lipinski definition) is 1. The van der Waals surface area contributed by atoms with Gasteiger partial charge in [-0.05, 0) is 20.8 Å². The highest BCUT2D eigenvalue weighted by Crippen LogP contribution is 2.08. The van der Waals surface area contributed by atoms with E-state index in [4.69, 9.17) is 11.2 Å². The SMILES string of the molecule is C#CC(C)(C)C.CNC=O. The molecule has 0 aliphatic rings. The first-order chi connectivity index (χ1) is 4.47. The van der Waals surface area contributed by atoms with Gasteiger partial charge in [-0.1, -0.05) is 0 Å². The van der Waals surface area contributed by atoms with Gasteiger partial charge in [-0.25, -0.2) is 0 Å². The lowest BCUT2D eigenvalue weighted by molar-refractivity contribution is -0.109. The maximum atomic E-state index is 9.06. The van der Waals surface area contributed by atoms with E-state index in [2.05, 4.69) is 11.2 Å². The highest BCUT2D eigenvalue weighted by atomic mass is 16.1. The number of rotatable bonds is 1. The Morgan fingerprint density at radius 2 is 1.70 bits per heavy atom. The molecule has 0 spiro atoms. The fraction of sp³-hybridized carbons (Fsp3) is 0.625. The zero-order valence-electron chi connectivity index (χ0n) is 7.06. The number of carbonyl (C=O) groups is 1. The van der Waals surface area contributed by atoms with Crippen LogP contribution in [0.25, 0.3) is 0 Å². The second-order valence-corrected chi connectivity index (χ2v) is 2.80. The molecule has 2 heteroatoms. The summed E-state index contributed by atoms with van der Waals surface area (Å²) in [7, 11) is 1.56. The quantitative estimate of drug-likeness (QED) is 0.429. The fourth-order valence-corrected chi connectivity index (χ4v) is 0. The van der Waals surface area contributed by atoms with Gasteiger partial charge in [0.1, 0.15) is 0 Å². The largest absolute Gasteiger partial charge is 0.362 e. The van der Waals surface area contributed by atoms with Crippen molar-refractivity contribution in [3.8, 4) is 12.3 Å². The first-order valence-corrected chi connectivity index (χ1v) is 3.06. The van der Waals surface area contributed by atoms with Crippen LogP contribution in [0, 0.1) is 17.8 Å². The Hall–Kier alpha value is -0.970. The summed E-state index contributed by atoms with van der Waals surface area (Å²) < 4.78 is 0. The van der Waals surface area contributed by atoms with Crippen LogP contribution in [0.2, 0.25) is 0 Å². The molecule has 0 aromatic heterocycles. The molecule has 0 saturated carbocycles. The second kappa shape index (κ2) is 6.15. The van der Waals surface area contributed by atoms with Gasteiger partial charge in [0.2, 0.25) is 6.41 Å². The number of hydrogen-bond donors (Lipinski definition) is 1. The summed E-state index contributed by atoms with van der Waals surface area (Å²) in [5, 5.41) is 2.25. The van der Waals surface area contributed by atoms with Crippen LogP contribution in [-0.4, -0.2) is 13.5 Å². The number of nitrogens with one attached hydrogen (secondary N) is 1. The normalized spacial score (nSPS) is 8.30. The third kappa shape index (κ3) is 27.8. The average Bonchev–Trinajstić information content (AvgIpc) is 1.87. The Kier molecular flexibility index (Phi) is 7.25. The van der Waals surface area contributed by atoms with Crippen LogP contribution in [0.5, 0.6) is 0 Å². The minimum absolute atomic E-state index is 0.0694. The highest BCUT2D eigenvalue weighted by Gasteiger charge is 2.00. The van der Waals surface area contributed by atoms with E-state index in [1.54, 1.807) is 7.05 Å². The summed E-state index contributed by atoms with van der Waals surface area (Å²) >= 11 is 0. The van der Waals surface area contributed by atoms with Crippen LogP contribution < -0.4 is 5.32 Å². The molecule has 0 bridgehead atoms. The Bertz CT molecular complexity index is 116. The molecule has 1 N–H and O–H groups in total. The van der Waals surface area contributed by atoms with E-state index in [-0.39, 0.29) is 5.41 Å². The van der Waals surface area contributed by atoms with Crippen molar-refractivity contribution in [1.29, 1.82) is 0 Å². The minimum Gasteiger partial charge on any atom is -0.362 e. The van der Waals surface area contributed by atoms with Crippen LogP contribution in [0.3, 0.4) is 0 Å². The van der Waals surface area contributed by atoms with E-state index in [0.717, 1.165) is 0 Å². The van der Waals surface area contributed by atoms with E-state index >= 15 is 0 Å². The lowest BCUT2D eigenvalue weighted by Gasteiger charge is -2.04. The predicted molar refractivity (Wildman–Crippen MR) is 43.4 cm³/mol. The zero-order chi connectivity index (χ0) is 8.62. The Morgan fingerprint density at radius 3 is 1.70 bits per heavy atom. The summed E-state index contributed by atoms with van der Waals surface area (Å²) in [6.45, 7) is 6.02. The Labute approximate surface area is 63.0 Å². The van der Waals surface area contributed by atoms with Gasteiger partial charge in [-0.15, -0.1) is 12.3 Å². The van der Waals surface area contributed by atoms with Gasteiger partial charge in [-0.3, -0.25) is 4.79 Å². The molecule has 2 nitrogen and oxygen atoms in total. The molecule has 0 aromatic rings. The molecular weight excluding hydrogens is 126 g/mol. The average molecular weight is 141 g/mol. The summed E-state index contributed by atoms with van der Waals surface area (Å²) in [5.74, 6) is 2.60. The van der Waals surface area contributed by atoms with E-state index in [0.29, 0.717) is 6.41 Å². The van der Waals surface area contributed by atoms with E-state index in [1.807, 2.05) is 20.8 Å². The Morgan fingerprint density at radius 1 is 1.50 bits per heavy atom. The lowest BCUT2D eigenvalue weighted by Crippen LogP contribution is -1.98. The molecule has 0 heterocycles. The third-order valence-corrected chi connectivity index (χ3v) is 0.551. The fourth-order valence-electron chi connectivity index (χ4n) is 0. The molecule has 0 radical (unpaired) electrons. The summed E-state index contributed by atoms with van der Waals surface area (Å²) in [5.41, 5.74) is 0.0694. The molecular formula is C8H15NO. The number of terminal acetylenes is 1. The number of carbonyl (C=O) groups excluding carboxylic acids is 1. The van der Waals surface area contributed by atoms with E-state index in [1.165, 1.54) is 0 Å². The molecule has 0 aliphatic heterocycles. The summed E-state index contributed by atoms with van der Waals surface area (Å²) in [6, 6.07) is 0. The molecule has 1 amide bonds. The molecule has 10 heavy (non-hydrogen) atoms. The molecule has 58 valence electrons.